The number of hydrogen-bond donors (Lipinski definition) is 2. The van der Waals surface area contributed by atoms with Crippen molar-refractivity contribution in [1.82, 2.24) is 14.9 Å². The highest BCUT2D eigenvalue weighted by Gasteiger charge is 2.20. The van der Waals surface area contributed by atoms with Gasteiger partial charge in [-0.3, -0.25) is 4.79 Å². The molecule has 1 amide bonds. The number of azide groups is 1. The van der Waals surface area contributed by atoms with Gasteiger partial charge in [0.2, 0.25) is 5.91 Å². The van der Waals surface area contributed by atoms with E-state index in [0.717, 1.165) is 12.2 Å². The van der Waals surface area contributed by atoms with Gasteiger partial charge in [-0.2, -0.15) is 0 Å². The van der Waals surface area contributed by atoms with Crippen molar-refractivity contribution >= 4 is 5.91 Å². The summed E-state index contributed by atoms with van der Waals surface area (Å²) in [5, 5.41) is 6.45. The van der Waals surface area contributed by atoms with Crippen LogP contribution < -0.4 is 11.1 Å². The van der Waals surface area contributed by atoms with E-state index in [1.807, 2.05) is 11.5 Å². The number of nitrogens with zero attached hydrogens (tertiary/aromatic N) is 5. The molecule has 0 saturated heterocycles. The standard InChI is InChI=1S/C10H17N7O/c1-2-17-7-13-6-8(17)9(10(11)18)14-4-3-5-15-16-12/h6-7,9,14H,2-5H2,1H3,(H2,11,18). The van der Waals surface area contributed by atoms with Crippen LogP contribution in [0.4, 0.5) is 0 Å². The molecule has 0 aliphatic heterocycles. The average molecular weight is 251 g/mol. The molecule has 8 nitrogen and oxygen atoms in total. The van der Waals surface area contributed by atoms with E-state index >= 15 is 0 Å². The van der Waals surface area contributed by atoms with Gasteiger partial charge in [0.1, 0.15) is 6.04 Å². The van der Waals surface area contributed by atoms with Gasteiger partial charge in [0.15, 0.2) is 0 Å². The van der Waals surface area contributed by atoms with Crippen molar-refractivity contribution < 1.29 is 4.79 Å². The number of primary amides is 1. The number of carbonyl (C=O) groups excluding carboxylic acids is 1. The molecular formula is C10H17N7O. The number of rotatable bonds is 8. The Morgan fingerprint density at radius 1 is 1.78 bits per heavy atom. The van der Waals surface area contributed by atoms with E-state index in [9.17, 15) is 4.79 Å². The predicted molar refractivity (Wildman–Crippen MR) is 66.5 cm³/mol. The van der Waals surface area contributed by atoms with E-state index in [1.54, 1.807) is 12.5 Å². The molecule has 18 heavy (non-hydrogen) atoms. The molecular weight excluding hydrogens is 234 g/mol. The lowest BCUT2D eigenvalue weighted by Gasteiger charge is -2.16. The number of nitrogens with one attached hydrogen (secondary N) is 1. The summed E-state index contributed by atoms with van der Waals surface area (Å²) in [4.78, 5) is 18.1. The average Bonchev–Trinajstić information content (AvgIpc) is 2.81. The molecule has 0 aliphatic carbocycles. The number of amides is 1. The fraction of sp³-hybridized carbons (Fsp3) is 0.600. The fourth-order valence-electron chi connectivity index (χ4n) is 1.63. The molecule has 1 unspecified atom stereocenters. The number of aromatic nitrogens is 2. The maximum Gasteiger partial charge on any atom is 0.240 e. The molecule has 8 heteroatoms. The molecule has 1 rings (SSSR count). The Morgan fingerprint density at radius 2 is 2.56 bits per heavy atom. The summed E-state index contributed by atoms with van der Waals surface area (Å²) < 4.78 is 1.86. The molecule has 1 aromatic rings. The lowest BCUT2D eigenvalue weighted by molar-refractivity contribution is -0.120. The molecule has 1 atom stereocenters. The third-order valence-corrected chi connectivity index (χ3v) is 2.51. The van der Waals surface area contributed by atoms with Crippen LogP contribution in [0.3, 0.4) is 0 Å². The molecule has 3 N–H and O–H groups in total. The summed E-state index contributed by atoms with van der Waals surface area (Å²) >= 11 is 0. The molecule has 98 valence electrons. The Balaban J connectivity index is 2.60. The first-order valence-corrected chi connectivity index (χ1v) is 5.74. The van der Waals surface area contributed by atoms with Gasteiger partial charge in [-0.15, -0.1) is 0 Å². The van der Waals surface area contributed by atoms with Crippen LogP contribution in [0.2, 0.25) is 0 Å². The lowest BCUT2D eigenvalue weighted by Crippen LogP contribution is -2.35. The first kappa shape index (κ1) is 14.0. The zero-order chi connectivity index (χ0) is 13.4. The number of carbonyl (C=O) groups is 1. The largest absolute Gasteiger partial charge is 0.368 e. The zero-order valence-corrected chi connectivity index (χ0v) is 10.3. The van der Waals surface area contributed by atoms with Crippen molar-refractivity contribution in [2.24, 2.45) is 10.8 Å². The summed E-state index contributed by atoms with van der Waals surface area (Å²) in [6.45, 7) is 3.62. The van der Waals surface area contributed by atoms with Crippen LogP contribution >= 0.6 is 0 Å². The highest BCUT2D eigenvalue weighted by molar-refractivity contribution is 5.80. The molecule has 0 saturated carbocycles. The maximum atomic E-state index is 11.4. The van der Waals surface area contributed by atoms with Crippen molar-refractivity contribution in [1.29, 1.82) is 0 Å². The van der Waals surface area contributed by atoms with Crippen molar-refractivity contribution in [2.75, 3.05) is 13.1 Å². The first-order valence-electron chi connectivity index (χ1n) is 5.74. The van der Waals surface area contributed by atoms with E-state index in [4.69, 9.17) is 11.3 Å². The number of hydrogen-bond acceptors (Lipinski definition) is 4. The van der Waals surface area contributed by atoms with Crippen LogP contribution in [0, 0.1) is 0 Å². The predicted octanol–water partition coefficient (Wildman–Crippen LogP) is 0.719. The minimum Gasteiger partial charge on any atom is -0.368 e. The van der Waals surface area contributed by atoms with Gasteiger partial charge in [0.25, 0.3) is 0 Å². The highest BCUT2D eigenvalue weighted by atomic mass is 16.1. The van der Waals surface area contributed by atoms with Crippen molar-refractivity contribution in [3.63, 3.8) is 0 Å². The molecule has 0 bridgehead atoms. The Morgan fingerprint density at radius 3 is 3.17 bits per heavy atom. The van der Waals surface area contributed by atoms with Crippen molar-refractivity contribution in [3.05, 3.63) is 28.7 Å². The van der Waals surface area contributed by atoms with Crippen molar-refractivity contribution in [2.45, 2.75) is 25.9 Å². The van der Waals surface area contributed by atoms with Gasteiger partial charge in [0.05, 0.1) is 18.2 Å². The Bertz CT molecular complexity index is 435. The minimum absolute atomic E-state index is 0.391. The SMILES string of the molecule is CCn1cncc1C(NCCCN=[N+]=[N-])C(N)=O. The Kier molecular flexibility index (Phi) is 5.69. The van der Waals surface area contributed by atoms with E-state index in [-0.39, 0.29) is 0 Å². The van der Waals surface area contributed by atoms with Crippen LogP contribution in [0.15, 0.2) is 17.6 Å². The molecule has 0 fully saturated rings. The molecule has 1 aromatic heterocycles. The van der Waals surface area contributed by atoms with E-state index in [2.05, 4.69) is 20.3 Å². The number of aryl methyl sites for hydroxylation is 1. The summed E-state index contributed by atoms with van der Waals surface area (Å²) in [5.41, 5.74) is 14.2. The lowest BCUT2D eigenvalue weighted by atomic mass is 10.2. The molecule has 0 aliphatic rings. The van der Waals surface area contributed by atoms with Gasteiger partial charge >= 0.3 is 0 Å². The second-order valence-corrected chi connectivity index (χ2v) is 3.70. The molecule has 0 aromatic carbocycles. The molecule has 0 spiro atoms. The summed E-state index contributed by atoms with van der Waals surface area (Å²) in [5.74, 6) is -0.450. The topological polar surface area (TPSA) is 122 Å². The first-order chi connectivity index (χ1) is 8.70. The molecule has 1 heterocycles. The third kappa shape index (κ3) is 3.76. The third-order valence-electron chi connectivity index (χ3n) is 2.51. The van der Waals surface area contributed by atoms with Crippen LogP contribution in [-0.4, -0.2) is 28.5 Å². The van der Waals surface area contributed by atoms with Gasteiger partial charge in [-0.1, -0.05) is 5.11 Å². The molecule has 0 radical (unpaired) electrons. The normalized spacial score (nSPS) is 11.8. The van der Waals surface area contributed by atoms with E-state index in [0.29, 0.717) is 19.5 Å². The van der Waals surface area contributed by atoms with Gasteiger partial charge in [-0.05, 0) is 25.4 Å². The van der Waals surface area contributed by atoms with E-state index < -0.39 is 11.9 Å². The quantitative estimate of drug-likeness (QED) is 0.306. The summed E-state index contributed by atoms with van der Waals surface area (Å²) in [6, 6.07) is -0.571. The fourth-order valence-corrected chi connectivity index (χ4v) is 1.63. The monoisotopic (exact) mass is 251 g/mol. The maximum absolute atomic E-state index is 11.4. The van der Waals surface area contributed by atoms with Crippen LogP contribution in [0.5, 0.6) is 0 Å². The Hall–Kier alpha value is -2.05. The Labute approximate surface area is 105 Å². The van der Waals surface area contributed by atoms with Crippen molar-refractivity contribution in [3.8, 4) is 0 Å². The van der Waals surface area contributed by atoms with Gasteiger partial charge in [-0.25, -0.2) is 4.98 Å². The minimum atomic E-state index is -0.571. The van der Waals surface area contributed by atoms with Crippen LogP contribution in [0.25, 0.3) is 10.4 Å². The summed E-state index contributed by atoms with van der Waals surface area (Å²) in [6.07, 6.45) is 3.93. The van der Waals surface area contributed by atoms with Gasteiger partial charge < -0.3 is 15.6 Å². The summed E-state index contributed by atoms with van der Waals surface area (Å²) in [7, 11) is 0. The smallest absolute Gasteiger partial charge is 0.240 e. The van der Waals surface area contributed by atoms with Gasteiger partial charge in [0, 0.05) is 18.0 Å². The van der Waals surface area contributed by atoms with E-state index in [1.165, 1.54) is 0 Å². The second-order valence-electron chi connectivity index (χ2n) is 3.70. The van der Waals surface area contributed by atoms with Crippen LogP contribution in [0.1, 0.15) is 25.1 Å². The van der Waals surface area contributed by atoms with Crippen LogP contribution in [-0.2, 0) is 11.3 Å². The number of imidazole rings is 1. The highest BCUT2D eigenvalue weighted by Crippen LogP contribution is 2.12. The number of nitrogens with two attached hydrogens (primary N) is 1. The second kappa shape index (κ2) is 7.31. The zero-order valence-electron chi connectivity index (χ0n) is 10.3.